The van der Waals surface area contributed by atoms with Crippen molar-refractivity contribution < 1.29 is 29.0 Å². The Hall–Kier alpha value is -2.21. The van der Waals surface area contributed by atoms with Crippen LogP contribution in [0.15, 0.2) is 24.3 Å². The highest BCUT2D eigenvalue weighted by Gasteiger charge is 2.32. The number of esters is 2. The number of hydrogen-bond acceptors (Lipinski definition) is 6. The van der Waals surface area contributed by atoms with E-state index in [0.717, 1.165) is 7.11 Å². The van der Waals surface area contributed by atoms with Crippen LogP contribution in [0, 0.1) is 5.92 Å². The van der Waals surface area contributed by atoms with Gasteiger partial charge in [0.2, 0.25) is 0 Å². The molecular formula is C14H16O6. The first-order valence-electron chi connectivity index (χ1n) is 5.92. The summed E-state index contributed by atoms with van der Waals surface area (Å²) in [7, 11) is 2.34. The largest absolute Gasteiger partial charge is 0.469 e. The number of aliphatic hydroxyl groups excluding tert-OH is 1. The minimum absolute atomic E-state index is 0.249. The molecule has 0 radical (unpaired) electrons. The van der Waals surface area contributed by atoms with Gasteiger partial charge in [0, 0.05) is 5.56 Å². The third-order valence-electron chi connectivity index (χ3n) is 2.94. The van der Waals surface area contributed by atoms with Gasteiger partial charge in [-0.25, -0.2) is 0 Å². The molecule has 1 aromatic carbocycles. The van der Waals surface area contributed by atoms with E-state index in [-0.39, 0.29) is 17.5 Å². The average Bonchev–Trinajstić information content (AvgIpc) is 2.50. The maximum absolute atomic E-state index is 11.7. The van der Waals surface area contributed by atoms with Gasteiger partial charge < -0.3 is 14.6 Å². The summed E-state index contributed by atoms with van der Waals surface area (Å²) in [5.74, 6) is -2.53. The van der Waals surface area contributed by atoms with Crippen molar-refractivity contribution in [1.82, 2.24) is 0 Å². The van der Waals surface area contributed by atoms with Gasteiger partial charge in [-0.05, 0) is 5.56 Å². The Morgan fingerprint density at radius 1 is 1.25 bits per heavy atom. The van der Waals surface area contributed by atoms with Crippen molar-refractivity contribution in [3.05, 3.63) is 35.4 Å². The Kier molecular flexibility index (Phi) is 5.86. The van der Waals surface area contributed by atoms with Crippen LogP contribution in [-0.4, -0.2) is 37.6 Å². The second kappa shape index (κ2) is 7.40. The SMILES string of the molecule is COC(=O)CC(C(=O)OC)[C@H](O)c1ccccc1C=O. The molecule has 0 aliphatic carbocycles. The fourth-order valence-corrected chi connectivity index (χ4v) is 1.84. The Balaban J connectivity index is 3.09. The zero-order chi connectivity index (χ0) is 15.1. The van der Waals surface area contributed by atoms with Gasteiger partial charge in [-0.2, -0.15) is 0 Å². The summed E-state index contributed by atoms with van der Waals surface area (Å²) in [6, 6.07) is 6.28. The lowest BCUT2D eigenvalue weighted by atomic mass is 9.90. The molecule has 6 nitrogen and oxygen atoms in total. The number of carbonyl (C=O) groups is 3. The smallest absolute Gasteiger partial charge is 0.312 e. The molecule has 20 heavy (non-hydrogen) atoms. The molecule has 0 bridgehead atoms. The van der Waals surface area contributed by atoms with E-state index in [2.05, 4.69) is 9.47 Å². The van der Waals surface area contributed by atoms with E-state index in [1.165, 1.54) is 19.2 Å². The predicted octanol–water partition coefficient (Wildman–Crippen LogP) is 0.885. The molecule has 0 saturated carbocycles. The van der Waals surface area contributed by atoms with Crippen LogP contribution in [-0.2, 0) is 19.1 Å². The number of ether oxygens (including phenoxy) is 2. The first-order valence-corrected chi connectivity index (χ1v) is 5.92. The van der Waals surface area contributed by atoms with Gasteiger partial charge in [0.1, 0.15) is 6.29 Å². The van der Waals surface area contributed by atoms with Gasteiger partial charge in [-0.3, -0.25) is 14.4 Å². The molecule has 1 aromatic rings. The fraction of sp³-hybridized carbons (Fsp3) is 0.357. The Bertz CT molecular complexity index is 496. The minimum Gasteiger partial charge on any atom is -0.469 e. The van der Waals surface area contributed by atoms with Crippen molar-refractivity contribution in [3.8, 4) is 0 Å². The minimum atomic E-state index is -1.33. The van der Waals surface area contributed by atoms with Crippen LogP contribution in [0.3, 0.4) is 0 Å². The molecule has 0 spiro atoms. The molecule has 0 fully saturated rings. The van der Waals surface area contributed by atoms with Crippen LogP contribution >= 0.6 is 0 Å². The lowest BCUT2D eigenvalue weighted by Gasteiger charge is -2.21. The van der Waals surface area contributed by atoms with Gasteiger partial charge in [0.05, 0.1) is 32.7 Å². The van der Waals surface area contributed by atoms with Crippen molar-refractivity contribution in [3.63, 3.8) is 0 Å². The number of carbonyl (C=O) groups excluding carboxylic acids is 3. The van der Waals surface area contributed by atoms with E-state index in [1.54, 1.807) is 12.1 Å². The van der Waals surface area contributed by atoms with Crippen molar-refractivity contribution >= 4 is 18.2 Å². The van der Waals surface area contributed by atoms with Gasteiger partial charge >= 0.3 is 11.9 Å². The molecule has 0 aromatic heterocycles. The number of aldehydes is 1. The molecule has 1 N–H and O–H groups in total. The lowest BCUT2D eigenvalue weighted by molar-refractivity contribution is -0.156. The van der Waals surface area contributed by atoms with E-state index in [4.69, 9.17) is 0 Å². The highest BCUT2D eigenvalue weighted by Crippen LogP contribution is 2.28. The third-order valence-corrected chi connectivity index (χ3v) is 2.94. The first-order chi connectivity index (χ1) is 9.54. The van der Waals surface area contributed by atoms with Crippen LogP contribution in [0.5, 0.6) is 0 Å². The van der Waals surface area contributed by atoms with Gasteiger partial charge in [-0.1, -0.05) is 24.3 Å². The molecule has 6 heteroatoms. The van der Waals surface area contributed by atoms with Crippen LogP contribution in [0.25, 0.3) is 0 Å². The van der Waals surface area contributed by atoms with Gasteiger partial charge in [-0.15, -0.1) is 0 Å². The van der Waals surface area contributed by atoms with E-state index in [1.807, 2.05) is 0 Å². The standard InChI is InChI=1S/C14H16O6/c1-19-12(16)7-11(14(18)20-2)13(17)10-6-4-3-5-9(10)8-15/h3-6,8,11,13,17H,7H2,1-2H3/t11?,13-/m1/s1. The van der Waals surface area contributed by atoms with Gasteiger partial charge in [0.15, 0.2) is 0 Å². The zero-order valence-electron chi connectivity index (χ0n) is 11.2. The molecule has 0 saturated heterocycles. The normalized spacial score (nSPS) is 13.2. The number of aliphatic hydroxyl groups is 1. The van der Waals surface area contributed by atoms with E-state index in [9.17, 15) is 19.5 Å². The van der Waals surface area contributed by atoms with Crippen molar-refractivity contribution in [1.29, 1.82) is 0 Å². The number of benzene rings is 1. The molecule has 1 unspecified atom stereocenters. The summed E-state index contributed by atoms with van der Waals surface area (Å²) < 4.78 is 9.07. The molecule has 0 aliphatic heterocycles. The second-order valence-electron chi connectivity index (χ2n) is 4.10. The Morgan fingerprint density at radius 2 is 1.90 bits per heavy atom. The molecule has 0 amide bonds. The van der Waals surface area contributed by atoms with Crippen LogP contribution < -0.4 is 0 Å². The monoisotopic (exact) mass is 280 g/mol. The second-order valence-corrected chi connectivity index (χ2v) is 4.10. The number of rotatable bonds is 6. The van der Waals surface area contributed by atoms with Crippen molar-refractivity contribution in [2.24, 2.45) is 5.92 Å². The topological polar surface area (TPSA) is 89.9 Å². The number of methoxy groups -OCH3 is 2. The Labute approximate surface area is 116 Å². The predicted molar refractivity (Wildman–Crippen MR) is 68.9 cm³/mol. The maximum atomic E-state index is 11.7. The van der Waals surface area contributed by atoms with Crippen molar-refractivity contribution in [2.75, 3.05) is 14.2 Å². The number of hydrogen-bond donors (Lipinski definition) is 1. The molecule has 0 heterocycles. The van der Waals surface area contributed by atoms with Crippen LogP contribution in [0.4, 0.5) is 0 Å². The maximum Gasteiger partial charge on any atom is 0.312 e. The summed E-state index contributed by atoms with van der Waals surface area (Å²) >= 11 is 0. The first kappa shape index (κ1) is 15.8. The molecular weight excluding hydrogens is 264 g/mol. The van der Waals surface area contributed by atoms with Crippen LogP contribution in [0.2, 0.25) is 0 Å². The summed E-state index contributed by atoms with van der Waals surface area (Å²) in [4.78, 5) is 34.0. The van der Waals surface area contributed by atoms with E-state index >= 15 is 0 Å². The molecule has 0 aliphatic rings. The third kappa shape index (κ3) is 3.64. The quantitative estimate of drug-likeness (QED) is 0.614. The average molecular weight is 280 g/mol. The zero-order valence-corrected chi connectivity index (χ0v) is 11.2. The lowest BCUT2D eigenvalue weighted by Crippen LogP contribution is -2.27. The molecule has 1 rings (SSSR count). The summed E-state index contributed by atoms with van der Waals surface area (Å²) in [6.45, 7) is 0. The molecule has 108 valence electrons. The van der Waals surface area contributed by atoms with Crippen molar-refractivity contribution in [2.45, 2.75) is 12.5 Å². The highest BCUT2D eigenvalue weighted by atomic mass is 16.5. The fourth-order valence-electron chi connectivity index (χ4n) is 1.84. The van der Waals surface area contributed by atoms with Gasteiger partial charge in [0.25, 0.3) is 0 Å². The summed E-state index contributed by atoms with van der Waals surface area (Å²) in [5, 5.41) is 10.3. The van der Waals surface area contributed by atoms with Crippen LogP contribution in [0.1, 0.15) is 28.4 Å². The Morgan fingerprint density at radius 3 is 2.45 bits per heavy atom. The van der Waals surface area contributed by atoms with E-state index < -0.39 is 24.0 Å². The van der Waals surface area contributed by atoms with E-state index in [0.29, 0.717) is 6.29 Å². The summed E-state index contributed by atoms with van der Waals surface area (Å²) in [5.41, 5.74) is 0.514. The molecule has 2 atom stereocenters. The highest BCUT2D eigenvalue weighted by molar-refractivity contribution is 5.82. The summed E-state index contributed by atoms with van der Waals surface area (Å²) in [6.07, 6.45) is -1.09.